The molecule has 4 aromatic rings. The van der Waals surface area contributed by atoms with Gasteiger partial charge in [0, 0.05) is 11.9 Å². The maximum Gasteiger partial charge on any atom is 0.416 e. The number of nitrogens with one attached hydrogen (secondary N) is 1. The third-order valence-electron chi connectivity index (χ3n) is 7.40. The van der Waals surface area contributed by atoms with Gasteiger partial charge in [-0.15, -0.1) is 0 Å². The molecule has 4 aromatic carbocycles. The van der Waals surface area contributed by atoms with Gasteiger partial charge in [-0.2, -0.15) is 13.2 Å². The number of methoxy groups -OCH3 is 3. The van der Waals surface area contributed by atoms with Gasteiger partial charge in [0.25, 0.3) is 5.91 Å². The van der Waals surface area contributed by atoms with Crippen molar-refractivity contribution >= 4 is 23.8 Å². The quantitative estimate of drug-likeness (QED) is 0.187. The number of ether oxygens (including phenoxy) is 4. The van der Waals surface area contributed by atoms with Crippen LogP contribution in [0.3, 0.4) is 0 Å². The fourth-order valence-corrected chi connectivity index (χ4v) is 5.03. The van der Waals surface area contributed by atoms with E-state index in [4.69, 9.17) is 18.9 Å². The predicted molar refractivity (Wildman–Crippen MR) is 166 cm³/mol. The molecule has 8 nitrogen and oxygen atoms in total. The molecule has 0 aliphatic carbocycles. The smallest absolute Gasteiger partial charge is 0.416 e. The highest BCUT2D eigenvalue weighted by molar-refractivity contribution is 6.04. The van der Waals surface area contributed by atoms with E-state index in [1.165, 1.54) is 51.8 Å². The average Bonchev–Trinajstić information content (AvgIpc) is 3.58. The highest BCUT2D eigenvalue weighted by Crippen LogP contribution is 2.39. The second-order valence-electron chi connectivity index (χ2n) is 10.2. The van der Waals surface area contributed by atoms with E-state index in [1.807, 2.05) is 0 Å². The molecule has 0 saturated heterocycles. The number of halogens is 3. The molecule has 0 fully saturated rings. The Morgan fingerprint density at radius 1 is 0.804 bits per heavy atom. The van der Waals surface area contributed by atoms with Crippen LogP contribution in [-0.4, -0.2) is 39.4 Å². The van der Waals surface area contributed by atoms with Gasteiger partial charge in [0.15, 0.2) is 17.0 Å². The standard InChI is InChI=1S/C35H29F3N2O6/c1-43-29-16-14-25(20-30(29)44-2)34(18-7-19-39-34)33(42)40-26-15-17-28(27(21-26)32(41)45-3)46-31(22-8-5-4-6-9-22)23-10-12-24(13-11-23)35(36,37)38/h4-21,31H,1-3H3,(H,40,42). The number of alkyl halides is 3. The first-order valence-corrected chi connectivity index (χ1v) is 14.0. The average molecular weight is 631 g/mol. The van der Waals surface area contributed by atoms with Crippen LogP contribution < -0.4 is 19.5 Å². The molecule has 0 radical (unpaired) electrons. The van der Waals surface area contributed by atoms with Crippen molar-refractivity contribution in [2.75, 3.05) is 26.6 Å². The third kappa shape index (κ3) is 6.44. The van der Waals surface area contributed by atoms with Crippen LogP contribution in [0.1, 0.15) is 38.7 Å². The van der Waals surface area contributed by atoms with Gasteiger partial charge in [-0.3, -0.25) is 9.79 Å². The number of carbonyl (C=O) groups is 2. The molecule has 5 rings (SSSR count). The maximum atomic E-state index is 13.8. The van der Waals surface area contributed by atoms with Crippen molar-refractivity contribution < 1.29 is 41.7 Å². The Morgan fingerprint density at radius 2 is 1.48 bits per heavy atom. The second-order valence-corrected chi connectivity index (χ2v) is 10.2. The molecule has 11 heteroatoms. The molecule has 0 bridgehead atoms. The van der Waals surface area contributed by atoms with E-state index in [0.717, 1.165) is 12.1 Å². The summed E-state index contributed by atoms with van der Waals surface area (Å²) in [4.78, 5) is 31.2. The van der Waals surface area contributed by atoms with Crippen LogP contribution in [0.25, 0.3) is 0 Å². The summed E-state index contributed by atoms with van der Waals surface area (Å²) in [6.07, 6.45) is -0.580. The molecule has 236 valence electrons. The van der Waals surface area contributed by atoms with Gasteiger partial charge in [0.1, 0.15) is 17.4 Å². The second kappa shape index (κ2) is 13.2. The van der Waals surface area contributed by atoms with Gasteiger partial charge in [-0.25, -0.2) is 4.79 Å². The molecule has 0 saturated carbocycles. The van der Waals surface area contributed by atoms with E-state index in [2.05, 4.69) is 10.3 Å². The minimum Gasteiger partial charge on any atom is -0.493 e. The molecule has 1 aliphatic heterocycles. The van der Waals surface area contributed by atoms with Crippen molar-refractivity contribution in [3.63, 3.8) is 0 Å². The van der Waals surface area contributed by atoms with Gasteiger partial charge < -0.3 is 24.3 Å². The first-order chi connectivity index (χ1) is 22.1. The number of hydrogen-bond donors (Lipinski definition) is 1. The molecule has 1 heterocycles. The molecule has 1 N–H and O–H groups in total. The largest absolute Gasteiger partial charge is 0.493 e. The molecule has 2 atom stereocenters. The first-order valence-electron chi connectivity index (χ1n) is 14.0. The summed E-state index contributed by atoms with van der Waals surface area (Å²) in [5.41, 5.74) is -0.416. The van der Waals surface area contributed by atoms with E-state index in [1.54, 1.807) is 66.7 Å². The van der Waals surface area contributed by atoms with Gasteiger partial charge in [-0.05, 0) is 71.3 Å². The zero-order valence-corrected chi connectivity index (χ0v) is 25.0. The number of esters is 1. The van der Waals surface area contributed by atoms with Crippen LogP contribution in [-0.2, 0) is 21.2 Å². The monoisotopic (exact) mass is 630 g/mol. The Morgan fingerprint density at radius 3 is 2.09 bits per heavy atom. The number of carbonyl (C=O) groups excluding carboxylic acids is 2. The third-order valence-corrected chi connectivity index (χ3v) is 7.40. The molecule has 1 amide bonds. The number of rotatable bonds is 10. The number of nitrogens with zero attached hydrogens (tertiary/aromatic N) is 1. The summed E-state index contributed by atoms with van der Waals surface area (Å²) in [6.45, 7) is 0. The molecular weight excluding hydrogens is 601 g/mol. The van der Waals surface area contributed by atoms with Crippen molar-refractivity contribution in [3.8, 4) is 17.2 Å². The number of aliphatic imine (C=N–C) groups is 1. The van der Waals surface area contributed by atoms with Gasteiger partial charge in [0.2, 0.25) is 0 Å². The van der Waals surface area contributed by atoms with Crippen molar-refractivity contribution in [2.45, 2.75) is 17.8 Å². The number of benzene rings is 4. The molecule has 0 spiro atoms. The Balaban J connectivity index is 1.48. The summed E-state index contributed by atoms with van der Waals surface area (Å²) in [5, 5.41) is 2.83. The predicted octanol–water partition coefficient (Wildman–Crippen LogP) is 7.15. The lowest BCUT2D eigenvalue weighted by molar-refractivity contribution is -0.137. The van der Waals surface area contributed by atoms with E-state index >= 15 is 0 Å². The van der Waals surface area contributed by atoms with Crippen LogP contribution in [0.15, 0.2) is 108 Å². The topological polar surface area (TPSA) is 95.5 Å². The summed E-state index contributed by atoms with van der Waals surface area (Å²) < 4.78 is 61.8. The Kier molecular flexibility index (Phi) is 9.13. The molecule has 0 aromatic heterocycles. The van der Waals surface area contributed by atoms with Crippen LogP contribution in [0.5, 0.6) is 17.2 Å². The Bertz CT molecular complexity index is 1770. The minimum absolute atomic E-state index is 0.0150. The fraction of sp³-hybridized carbons (Fsp3) is 0.171. The zero-order valence-electron chi connectivity index (χ0n) is 25.0. The highest BCUT2D eigenvalue weighted by Gasteiger charge is 2.40. The first kappa shape index (κ1) is 31.8. The number of allylic oxidation sites excluding steroid dienone is 1. The number of hydrogen-bond acceptors (Lipinski definition) is 7. The lowest BCUT2D eigenvalue weighted by Crippen LogP contribution is -2.36. The van der Waals surface area contributed by atoms with Crippen molar-refractivity contribution in [1.29, 1.82) is 0 Å². The fourth-order valence-electron chi connectivity index (χ4n) is 5.03. The maximum absolute atomic E-state index is 13.8. The molecule has 2 unspecified atom stereocenters. The number of anilines is 1. The van der Waals surface area contributed by atoms with Gasteiger partial charge >= 0.3 is 12.1 Å². The van der Waals surface area contributed by atoms with Crippen LogP contribution in [0.2, 0.25) is 0 Å². The van der Waals surface area contributed by atoms with Crippen molar-refractivity contribution in [2.24, 2.45) is 4.99 Å². The highest BCUT2D eigenvalue weighted by atomic mass is 19.4. The van der Waals surface area contributed by atoms with Crippen LogP contribution in [0.4, 0.5) is 18.9 Å². The molecular formula is C35H29F3N2O6. The van der Waals surface area contributed by atoms with Gasteiger partial charge in [0.05, 0.1) is 26.9 Å². The summed E-state index contributed by atoms with van der Waals surface area (Å²) in [6, 6.07) is 22.9. The Labute approximate surface area is 263 Å². The summed E-state index contributed by atoms with van der Waals surface area (Å²) >= 11 is 0. The Hall–Kier alpha value is -5.58. The number of amides is 1. The van der Waals surface area contributed by atoms with E-state index in [0.29, 0.717) is 28.2 Å². The lowest BCUT2D eigenvalue weighted by Gasteiger charge is -2.25. The van der Waals surface area contributed by atoms with Crippen molar-refractivity contribution in [1.82, 2.24) is 0 Å². The lowest BCUT2D eigenvalue weighted by atomic mass is 9.89. The minimum atomic E-state index is -4.50. The van der Waals surface area contributed by atoms with Crippen LogP contribution >= 0.6 is 0 Å². The summed E-state index contributed by atoms with van der Waals surface area (Å²) in [5.74, 6) is -0.277. The van der Waals surface area contributed by atoms with Crippen LogP contribution in [0, 0.1) is 0 Å². The molecule has 1 aliphatic rings. The zero-order chi connectivity index (χ0) is 32.9. The van der Waals surface area contributed by atoms with Gasteiger partial charge in [-0.1, -0.05) is 48.5 Å². The van der Waals surface area contributed by atoms with E-state index in [9.17, 15) is 22.8 Å². The van der Waals surface area contributed by atoms with E-state index in [-0.39, 0.29) is 17.0 Å². The van der Waals surface area contributed by atoms with Crippen molar-refractivity contribution in [3.05, 3.63) is 131 Å². The molecule has 46 heavy (non-hydrogen) atoms. The SMILES string of the molecule is COC(=O)c1cc(NC(=O)C2(c3ccc(OC)c(OC)c3)C=CC=N2)ccc1OC(c1ccccc1)c1ccc(C(F)(F)F)cc1. The van der Waals surface area contributed by atoms with E-state index < -0.39 is 35.3 Å². The summed E-state index contributed by atoms with van der Waals surface area (Å²) in [7, 11) is 4.19. The normalized spacial score (nSPS) is 16.0.